The molecule has 8 heteroatoms. The molecular weight excluding hydrogens is 363 g/mol. The Morgan fingerprint density at radius 3 is 2.36 bits per heavy atom. The van der Waals surface area contributed by atoms with Crippen LogP contribution in [-0.2, 0) is 20.1 Å². The van der Waals surface area contributed by atoms with E-state index < -0.39 is 11.7 Å². The minimum Gasteiger partial charge on any atom is -0.365 e. The number of nitrogens with two attached hydrogens (primary N) is 1. The number of nitrogens with zero attached hydrogens (tertiary/aromatic N) is 2. The molecule has 1 aromatic carbocycles. The molecule has 1 amide bonds. The number of halogens is 1. The van der Waals surface area contributed by atoms with Gasteiger partial charge in [0.25, 0.3) is 5.91 Å². The number of primary amides is 1. The lowest BCUT2D eigenvalue weighted by atomic mass is 10.1. The van der Waals surface area contributed by atoms with E-state index >= 15 is 0 Å². The van der Waals surface area contributed by atoms with Gasteiger partial charge in [0, 0.05) is 29.4 Å². The Bertz CT molecular complexity index is 980. The maximum Gasteiger partial charge on any atom is 0.310 e. The normalized spacial score (nSPS) is 16.8. The molecule has 1 saturated heterocycles. The van der Waals surface area contributed by atoms with Crippen LogP contribution in [0.1, 0.15) is 12.7 Å². The van der Waals surface area contributed by atoms with Crippen LogP contribution < -0.4 is 5.73 Å². The second kappa shape index (κ2) is 7.14. The van der Waals surface area contributed by atoms with E-state index in [1.807, 2.05) is 6.92 Å². The first-order valence-electron chi connectivity index (χ1n) is 8.65. The smallest absolute Gasteiger partial charge is 0.310 e. The van der Waals surface area contributed by atoms with Gasteiger partial charge in [-0.05, 0) is 36.4 Å². The number of H-pyrrole nitrogens is 1. The average molecular weight is 381 g/mol. The highest BCUT2D eigenvalue weighted by Gasteiger charge is 2.48. The van der Waals surface area contributed by atoms with Crippen molar-refractivity contribution < 1.29 is 18.7 Å². The Kier molecular flexibility index (Phi) is 4.66. The van der Waals surface area contributed by atoms with Crippen LogP contribution in [0.4, 0.5) is 4.39 Å². The molecule has 7 nitrogen and oxygen atoms in total. The third kappa shape index (κ3) is 3.17. The molecule has 0 aliphatic carbocycles. The third-order valence-corrected chi connectivity index (χ3v) is 4.47. The molecule has 0 spiro atoms. The van der Waals surface area contributed by atoms with E-state index in [1.54, 1.807) is 36.7 Å². The quantitative estimate of drug-likeness (QED) is 0.723. The molecule has 4 rings (SSSR count). The van der Waals surface area contributed by atoms with Crippen molar-refractivity contribution >= 4 is 5.91 Å². The fourth-order valence-corrected chi connectivity index (χ4v) is 3.00. The number of hydrogen-bond acceptors (Lipinski definition) is 5. The van der Waals surface area contributed by atoms with Crippen molar-refractivity contribution in [2.75, 3.05) is 13.2 Å². The molecule has 3 N–H and O–H groups in total. The van der Waals surface area contributed by atoms with Gasteiger partial charge in [-0.1, -0.05) is 6.92 Å². The molecule has 0 bridgehead atoms. The number of nitrogens with one attached hydrogen (secondary N) is 1. The molecule has 1 aliphatic heterocycles. The molecule has 1 aliphatic rings. The van der Waals surface area contributed by atoms with Crippen LogP contribution >= 0.6 is 0 Å². The second-order valence-corrected chi connectivity index (χ2v) is 6.57. The summed E-state index contributed by atoms with van der Waals surface area (Å²) in [5, 5.41) is 0. The van der Waals surface area contributed by atoms with Gasteiger partial charge in [0.05, 0.1) is 24.6 Å². The number of amides is 1. The summed E-state index contributed by atoms with van der Waals surface area (Å²) in [6.45, 7) is 2.31. The predicted octanol–water partition coefficient (Wildman–Crippen LogP) is 2.56. The van der Waals surface area contributed by atoms with Crippen LogP contribution in [0, 0.1) is 11.7 Å². The van der Waals surface area contributed by atoms with E-state index in [9.17, 15) is 9.18 Å². The van der Waals surface area contributed by atoms with Gasteiger partial charge in [-0.25, -0.2) is 9.37 Å². The highest BCUT2D eigenvalue weighted by atomic mass is 19.1. The number of carbonyl (C=O) groups is 1. The van der Waals surface area contributed by atoms with Crippen LogP contribution in [-0.4, -0.2) is 34.1 Å². The number of hydrogen-bond donors (Lipinski definition) is 2. The maximum absolute atomic E-state index is 13.4. The minimum atomic E-state index is -1.82. The van der Waals surface area contributed by atoms with Crippen LogP contribution in [0.15, 0.2) is 48.8 Å². The van der Waals surface area contributed by atoms with Crippen LogP contribution in [0.5, 0.6) is 0 Å². The van der Waals surface area contributed by atoms with Gasteiger partial charge in [-0.2, -0.15) is 0 Å². The van der Waals surface area contributed by atoms with E-state index in [4.69, 9.17) is 15.2 Å². The van der Waals surface area contributed by atoms with Crippen LogP contribution in [0.25, 0.3) is 22.5 Å². The van der Waals surface area contributed by atoms with Gasteiger partial charge in [-0.3, -0.25) is 9.78 Å². The number of pyridine rings is 1. The highest BCUT2D eigenvalue weighted by molar-refractivity contribution is 5.84. The van der Waals surface area contributed by atoms with Crippen molar-refractivity contribution in [2.45, 2.75) is 12.7 Å². The molecule has 2 aromatic heterocycles. The molecule has 1 fully saturated rings. The van der Waals surface area contributed by atoms with Crippen LogP contribution in [0.2, 0.25) is 0 Å². The monoisotopic (exact) mass is 381 g/mol. The van der Waals surface area contributed by atoms with E-state index in [1.165, 1.54) is 12.1 Å². The summed E-state index contributed by atoms with van der Waals surface area (Å²) in [6.07, 6.45) is 3.28. The zero-order valence-electron chi connectivity index (χ0n) is 15.1. The fourth-order valence-electron chi connectivity index (χ4n) is 3.00. The SMILES string of the molecule is C[C]1COC(C(N)=O)(c2nc(-c3ccc(F)cc3)c(-c3ccncc3)[nH]2)OC1. The summed E-state index contributed by atoms with van der Waals surface area (Å²) in [5.41, 5.74) is 8.19. The molecule has 3 aromatic rings. The summed E-state index contributed by atoms with van der Waals surface area (Å²) >= 11 is 0. The number of carbonyl (C=O) groups excluding carboxylic acids is 1. The zero-order valence-corrected chi connectivity index (χ0v) is 15.1. The topological polar surface area (TPSA) is 103 Å². The van der Waals surface area contributed by atoms with Crippen molar-refractivity contribution in [3.8, 4) is 22.5 Å². The molecule has 0 saturated carbocycles. The Balaban J connectivity index is 1.87. The van der Waals surface area contributed by atoms with Gasteiger partial charge in [0.1, 0.15) is 5.82 Å². The van der Waals surface area contributed by atoms with E-state index in [0.29, 0.717) is 17.0 Å². The highest BCUT2D eigenvalue weighted by Crippen LogP contribution is 2.36. The van der Waals surface area contributed by atoms with Crippen LogP contribution in [0.3, 0.4) is 0 Å². The number of ether oxygens (including phenoxy) is 2. The summed E-state index contributed by atoms with van der Waals surface area (Å²) in [5.74, 6) is -1.92. The predicted molar refractivity (Wildman–Crippen MR) is 98.9 cm³/mol. The number of aromatic amines is 1. The van der Waals surface area contributed by atoms with Gasteiger partial charge in [0.15, 0.2) is 5.82 Å². The third-order valence-electron chi connectivity index (χ3n) is 4.47. The Labute approximate surface area is 160 Å². The number of rotatable bonds is 4. The Morgan fingerprint density at radius 1 is 1.11 bits per heavy atom. The molecule has 28 heavy (non-hydrogen) atoms. The first-order chi connectivity index (χ1) is 13.5. The Morgan fingerprint density at radius 2 is 1.75 bits per heavy atom. The van der Waals surface area contributed by atoms with Gasteiger partial charge >= 0.3 is 5.79 Å². The second-order valence-electron chi connectivity index (χ2n) is 6.57. The molecule has 1 radical (unpaired) electrons. The lowest BCUT2D eigenvalue weighted by Crippen LogP contribution is -2.51. The number of benzene rings is 1. The minimum absolute atomic E-state index is 0.138. The fraction of sp³-hybridized carbons (Fsp3) is 0.200. The summed E-state index contributed by atoms with van der Waals surface area (Å²) in [7, 11) is 0. The largest absolute Gasteiger partial charge is 0.365 e. The van der Waals surface area contributed by atoms with Crippen molar-refractivity contribution in [3.05, 3.63) is 66.4 Å². The first-order valence-corrected chi connectivity index (χ1v) is 8.65. The lowest BCUT2D eigenvalue weighted by molar-refractivity contribution is -0.255. The maximum atomic E-state index is 13.4. The van der Waals surface area contributed by atoms with Gasteiger partial charge in [-0.15, -0.1) is 0 Å². The van der Waals surface area contributed by atoms with Crippen molar-refractivity contribution in [3.63, 3.8) is 0 Å². The zero-order chi connectivity index (χ0) is 19.7. The summed E-state index contributed by atoms with van der Waals surface area (Å²) in [4.78, 5) is 24.0. The Hall–Kier alpha value is -3.10. The molecule has 143 valence electrons. The molecule has 3 heterocycles. The van der Waals surface area contributed by atoms with E-state index in [0.717, 1.165) is 11.5 Å². The molecule has 0 atom stereocenters. The number of imidazole rings is 1. The lowest BCUT2D eigenvalue weighted by Gasteiger charge is -2.34. The molecular formula is C20H18FN4O3. The van der Waals surface area contributed by atoms with Crippen molar-refractivity contribution in [2.24, 2.45) is 5.73 Å². The van der Waals surface area contributed by atoms with Crippen molar-refractivity contribution in [1.82, 2.24) is 15.0 Å². The number of aromatic nitrogens is 3. The first kappa shape index (κ1) is 18.3. The van der Waals surface area contributed by atoms with Crippen molar-refractivity contribution in [1.29, 1.82) is 0 Å². The summed E-state index contributed by atoms with van der Waals surface area (Å²) in [6, 6.07) is 9.49. The summed E-state index contributed by atoms with van der Waals surface area (Å²) < 4.78 is 24.8. The van der Waals surface area contributed by atoms with Gasteiger partial charge < -0.3 is 20.2 Å². The van der Waals surface area contributed by atoms with Gasteiger partial charge in [0.2, 0.25) is 0 Å². The van der Waals surface area contributed by atoms with E-state index in [2.05, 4.69) is 15.0 Å². The standard InChI is InChI=1S/C20H18FN4O3/c1-12-10-27-20(18(22)26,28-11-12)19-24-16(13-2-4-15(21)5-3-13)17(25-19)14-6-8-23-9-7-14/h2-9H,10-11H2,1H3,(H2,22,26)(H,24,25). The van der Waals surface area contributed by atoms with E-state index in [-0.39, 0.29) is 24.9 Å². The average Bonchev–Trinajstić information content (AvgIpc) is 3.15. The molecule has 0 unspecified atom stereocenters.